The van der Waals surface area contributed by atoms with E-state index in [9.17, 15) is 9.59 Å². The molecular weight excluding hydrogens is 349 g/mol. The highest BCUT2D eigenvalue weighted by atomic mass is 35.5. The van der Waals surface area contributed by atoms with Crippen molar-refractivity contribution in [2.24, 2.45) is 7.05 Å². The predicted octanol–water partition coefficient (Wildman–Crippen LogP) is 4.85. The predicted molar refractivity (Wildman–Crippen MR) is 93.0 cm³/mol. The highest BCUT2D eigenvalue weighted by molar-refractivity contribution is 6.46. The standard InChI is InChI=1S/C18H11Cl2NO3/c1-8-3-16-15(21(8)2)5-9(24-16)4-12-17(22)10-6-13(19)14(20)7-11(10)18(12)23/h3-7H,1-2H3. The van der Waals surface area contributed by atoms with Crippen molar-refractivity contribution in [1.29, 1.82) is 0 Å². The molecule has 6 heteroatoms. The fourth-order valence-electron chi connectivity index (χ4n) is 2.92. The largest absolute Gasteiger partial charge is 0.455 e. The van der Waals surface area contributed by atoms with Crippen LogP contribution < -0.4 is 0 Å². The van der Waals surface area contributed by atoms with Gasteiger partial charge in [0.25, 0.3) is 0 Å². The Hall–Kier alpha value is -2.30. The van der Waals surface area contributed by atoms with E-state index in [2.05, 4.69) is 0 Å². The molecule has 0 saturated carbocycles. The molecule has 1 aliphatic rings. The number of allylic oxidation sites excluding steroid dienone is 1. The summed E-state index contributed by atoms with van der Waals surface area (Å²) in [5, 5.41) is 0.494. The van der Waals surface area contributed by atoms with Gasteiger partial charge in [0.05, 0.1) is 21.1 Å². The summed E-state index contributed by atoms with van der Waals surface area (Å²) in [6.45, 7) is 1.97. The molecule has 2 aromatic heterocycles. The number of carbonyl (C=O) groups excluding carboxylic acids is 2. The summed E-state index contributed by atoms with van der Waals surface area (Å²) in [4.78, 5) is 25.0. The van der Waals surface area contributed by atoms with E-state index in [4.69, 9.17) is 27.6 Å². The van der Waals surface area contributed by atoms with Gasteiger partial charge in [-0.05, 0) is 25.1 Å². The van der Waals surface area contributed by atoms with Crippen molar-refractivity contribution in [3.8, 4) is 0 Å². The summed E-state index contributed by atoms with van der Waals surface area (Å²) in [5.74, 6) is -0.285. The summed E-state index contributed by atoms with van der Waals surface area (Å²) < 4.78 is 7.70. The van der Waals surface area contributed by atoms with E-state index in [0.717, 1.165) is 11.2 Å². The minimum atomic E-state index is -0.370. The number of nitrogens with zero attached hydrogens (tertiary/aromatic N) is 1. The lowest BCUT2D eigenvalue weighted by Crippen LogP contribution is -1.99. The van der Waals surface area contributed by atoms with Gasteiger partial charge in [0, 0.05) is 36.0 Å². The van der Waals surface area contributed by atoms with Gasteiger partial charge in [0.15, 0.2) is 17.1 Å². The van der Waals surface area contributed by atoms with E-state index in [1.165, 1.54) is 18.2 Å². The number of ketones is 2. The van der Waals surface area contributed by atoms with Gasteiger partial charge >= 0.3 is 0 Å². The van der Waals surface area contributed by atoms with E-state index >= 15 is 0 Å². The van der Waals surface area contributed by atoms with Gasteiger partial charge in [-0.1, -0.05) is 23.2 Å². The zero-order valence-corrected chi connectivity index (χ0v) is 14.3. The van der Waals surface area contributed by atoms with Crippen molar-refractivity contribution in [2.75, 3.05) is 0 Å². The highest BCUT2D eigenvalue weighted by Crippen LogP contribution is 2.34. The zero-order valence-electron chi connectivity index (χ0n) is 12.8. The van der Waals surface area contributed by atoms with Gasteiger partial charge in [-0.15, -0.1) is 0 Å². The second-order valence-electron chi connectivity index (χ2n) is 5.77. The van der Waals surface area contributed by atoms with Gasteiger partial charge in [-0.2, -0.15) is 0 Å². The monoisotopic (exact) mass is 359 g/mol. The molecule has 0 atom stereocenters. The van der Waals surface area contributed by atoms with Crippen LogP contribution in [0.15, 0.2) is 34.3 Å². The smallest absolute Gasteiger partial charge is 0.197 e. The number of hydrogen-bond acceptors (Lipinski definition) is 3. The summed E-state index contributed by atoms with van der Waals surface area (Å²) in [5.41, 5.74) is 3.27. The zero-order chi connectivity index (χ0) is 17.2. The van der Waals surface area contributed by atoms with Gasteiger partial charge in [0.2, 0.25) is 0 Å². The number of halogens is 2. The first-order valence-corrected chi connectivity index (χ1v) is 7.98. The third-order valence-corrected chi connectivity index (χ3v) is 5.04. The number of rotatable bonds is 1. The first-order valence-electron chi connectivity index (χ1n) is 7.23. The van der Waals surface area contributed by atoms with Crippen LogP contribution in [-0.2, 0) is 7.05 Å². The molecule has 0 bridgehead atoms. The van der Waals surface area contributed by atoms with Gasteiger partial charge in [0.1, 0.15) is 5.76 Å². The molecule has 120 valence electrons. The maximum atomic E-state index is 12.5. The molecule has 0 fully saturated rings. The Morgan fingerprint density at radius 3 is 2.12 bits per heavy atom. The molecule has 0 unspecified atom stereocenters. The lowest BCUT2D eigenvalue weighted by Gasteiger charge is -1.98. The number of hydrogen-bond donors (Lipinski definition) is 0. The van der Waals surface area contributed by atoms with Crippen molar-refractivity contribution < 1.29 is 14.0 Å². The van der Waals surface area contributed by atoms with Gasteiger partial charge in [-0.25, -0.2) is 0 Å². The summed E-state index contributed by atoms with van der Waals surface area (Å²) in [6, 6.07) is 6.58. The Kier molecular flexibility index (Phi) is 3.24. The van der Waals surface area contributed by atoms with E-state index in [-0.39, 0.29) is 38.3 Å². The Balaban J connectivity index is 1.82. The van der Waals surface area contributed by atoms with Crippen molar-refractivity contribution >= 4 is 51.9 Å². The molecular formula is C18H11Cl2NO3. The van der Waals surface area contributed by atoms with Crippen LogP contribution in [-0.4, -0.2) is 16.1 Å². The van der Waals surface area contributed by atoms with Crippen LogP contribution >= 0.6 is 23.2 Å². The van der Waals surface area contributed by atoms with Crippen molar-refractivity contribution in [2.45, 2.75) is 6.92 Å². The van der Waals surface area contributed by atoms with E-state index in [1.54, 1.807) is 6.07 Å². The van der Waals surface area contributed by atoms with E-state index in [1.807, 2.05) is 24.6 Å². The molecule has 0 radical (unpaired) electrons. The third kappa shape index (κ3) is 2.07. The Morgan fingerprint density at radius 1 is 1.00 bits per heavy atom. The number of aryl methyl sites for hydroxylation is 2. The molecule has 1 aliphatic carbocycles. The summed E-state index contributed by atoms with van der Waals surface area (Å²) in [7, 11) is 1.93. The van der Waals surface area contributed by atoms with E-state index in [0.29, 0.717) is 11.3 Å². The normalized spacial score (nSPS) is 13.9. The number of furan rings is 1. The van der Waals surface area contributed by atoms with Crippen molar-refractivity contribution in [3.05, 3.63) is 62.5 Å². The molecule has 3 aromatic rings. The molecule has 4 nitrogen and oxygen atoms in total. The molecule has 1 aromatic carbocycles. The molecule has 0 N–H and O–H groups in total. The third-order valence-electron chi connectivity index (χ3n) is 4.32. The Labute approximate surface area is 147 Å². The van der Waals surface area contributed by atoms with Crippen LogP contribution in [0.4, 0.5) is 0 Å². The number of benzene rings is 1. The van der Waals surface area contributed by atoms with Crippen LogP contribution in [0.1, 0.15) is 32.2 Å². The average Bonchev–Trinajstić information content (AvgIpc) is 3.11. The lowest BCUT2D eigenvalue weighted by atomic mass is 10.1. The summed E-state index contributed by atoms with van der Waals surface area (Å²) in [6.07, 6.45) is 1.47. The molecule has 0 amide bonds. The van der Waals surface area contributed by atoms with Crippen LogP contribution in [0, 0.1) is 6.92 Å². The minimum Gasteiger partial charge on any atom is -0.455 e. The van der Waals surface area contributed by atoms with Crippen molar-refractivity contribution in [3.63, 3.8) is 0 Å². The highest BCUT2D eigenvalue weighted by Gasteiger charge is 2.34. The molecule has 0 saturated heterocycles. The molecule has 0 spiro atoms. The minimum absolute atomic E-state index is 0.0547. The van der Waals surface area contributed by atoms with Gasteiger partial charge < -0.3 is 8.98 Å². The van der Waals surface area contributed by atoms with Crippen molar-refractivity contribution in [1.82, 2.24) is 4.57 Å². The Morgan fingerprint density at radius 2 is 1.58 bits per heavy atom. The first kappa shape index (κ1) is 15.2. The maximum Gasteiger partial charge on any atom is 0.197 e. The molecule has 0 aliphatic heterocycles. The van der Waals surface area contributed by atoms with Crippen LogP contribution in [0.3, 0.4) is 0 Å². The number of aromatic nitrogens is 1. The number of Topliss-reactive ketones (excluding diaryl/α,β-unsaturated/α-hetero) is 2. The number of fused-ring (bicyclic) bond motifs is 2. The van der Waals surface area contributed by atoms with Crippen LogP contribution in [0.25, 0.3) is 17.2 Å². The Bertz CT molecular complexity index is 1040. The lowest BCUT2D eigenvalue weighted by molar-refractivity contribution is 0.0990. The van der Waals surface area contributed by atoms with E-state index < -0.39 is 0 Å². The maximum absolute atomic E-state index is 12.5. The molecule has 4 rings (SSSR count). The molecule has 2 heterocycles. The number of carbonyl (C=O) groups is 2. The topological polar surface area (TPSA) is 52.2 Å². The fourth-order valence-corrected chi connectivity index (χ4v) is 3.24. The van der Waals surface area contributed by atoms with Crippen LogP contribution in [0.2, 0.25) is 10.0 Å². The summed E-state index contributed by atoms with van der Waals surface area (Å²) >= 11 is 11.9. The van der Waals surface area contributed by atoms with Gasteiger partial charge in [-0.3, -0.25) is 9.59 Å². The average molecular weight is 360 g/mol. The quantitative estimate of drug-likeness (QED) is 0.461. The van der Waals surface area contributed by atoms with Crippen LogP contribution in [0.5, 0.6) is 0 Å². The second kappa shape index (κ2) is 5.10. The SMILES string of the molecule is Cc1cc2oc(C=C3C(=O)c4cc(Cl)c(Cl)cc4C3=O)cc2n1C. The first-order chi connectivity index (χ1) is 11.4. The molecule has 24 heavy (non-hydrogen) atoms. The second-order valence-corrected chi connectivity index (χ2v) is 6.59. The fraction of sp³-hybridized carbons (Fsp3) is 0.111.